The van der Waals surface area contributed by atoms with Crippen molar-refractivity contribution in [3.05, 3.63) is 23.8 Å². The number of nitrogens with one attached hydrogen (secondary N) is 1. The topological polar surface area (TPSA) is 55.4 Å². The lowest BCUT2D eigenvalue weighted by Gasteiger charge is -2.10. The van der Waals surface area contributed by atoms with Gasteiger partial charge in [-0.05, 0) is 25.0 Å². The summed E-state index contributed by atoms with van der Waals surface area (Å²) < 4.78 is 5.09. The van der Waals surface area contributed by atoms with Crippen LogP contribution in [0.4, 0.5) is 5.69 Å². The van der Waals surface area contributed by atoms with E-state index in [9.17, 15) is 9.59 Å². The fourth-order valence-electron chi connectivity index (χ4n) is 1.92. The number of benzene rings is 1. The molecule has 0 aliphatic carbocycles. The Bertz CT molecular complexity index is 454. The van der Waals surface area contributed by atoms with Crippen molar-refractivity contribution in [3.63, 3.8) is 0 Å². The molecule has 0 saturated heterocycles. The summed E-state index contributed by atoms with van der Waals surface area (Å²) in [5.74, 6) is 0.662. The van der Waals surface area contributed by atoms with E-state index < -0.39 is 0 Å². The highest BCUT2D eigenvalue weighted by atomic mass is 16.5. The molecule has 0 saturated carbocycles. The maximum absolute atomic E-state index is 11.9. The zero-order chi connectivity index (χ0) is 12.3. The Kier molecular flexibility index (Phi) is 3.42. The maximum Gasteiger partial charge on any atom is 0.224 e. The first kappa shape index (κ1) is 11.6. The third-order valence-electron chi connectivity index (χ3n) is 2.86. The van der Waals surface area contributed by atoms with Crippen LogP contribution in [0.25, 0.3) is 0 Å². The lowest BCUT2D eigenvalue weighted by atomic mass is 10.0. The predicted octanol–water partition coefficient (Wildman–Crippen LogP) is 2.39. The number of hydrogen-bond acceptors (Lipinski definition) is 3. The Labute approximate surface area is 100.0 Å². The smallest absolute Gasteiger partial charge is 0.224 e. The van der Waals surface area contributed by atoms with Crippen LogP contribution in [0.1, 0.15) is 36.0 Å². The highest BCUT2D eigenvalue weighted by molar-refractivity contribution is 6.05. The van der Waals surface area contributed by atoms with Gasteiger partial charge in [-0.15, -0.1) is 0 Å². The maximum atomic E-state index is 11.9. The molecule has 1 aliphatic rings. The fourth-order valence-corrected chi connectivity index (χ4v) is 1.92. The van der Waals surface area contributed by atoms with Gasteiger partial charge in [0.05, 0.1) is 12.8 Å². The lowest BCUT2D eigenvalue weighted by Crippen LogP contribution is -2.12. The minimum atomic E-state index is -0.0470. The number of ketones is 1. The van der Waals surface area contributed by atoms with Crippen molar-refractivity contribution in [3.8, 4) is 5.75 Å². The molecule has 0 fully saturated rings. The van der Waals surface area contributed by atoms with Gasteiger partial charge < -0.3 is 10.1 Å². The SMILES string of the molecule is COc1ccc2c(c1)NC(=O)CCCCC2=O. The molecular weight excluding hydrogens is 218 g/mol. The molecular formula is C13H15NO3. The predicted molar refractivity (Wildman–Crippen MR) is 64.4 cm³/mol. The van der Waals surface area contributed by atoms with Crippen molar-refractivity contribution >= 4 is 17.4 Å². The zero-order valence-corrected chi connectivity index (χ0v) is 9.79. The number of amides is 1. The van der Waals surface area contributed by atoms with E-state index in [2.05, 4.69) is 5.32 Å². The molecule has 0 atom stereocenters. The summed E-state index contributed by atoms with van der Waals surface area (Å²) in [6, 6.07) is 5.14. The van der Waals surface area contributed by atoms with Crippen LogP contribution in [0.5, 0.6) is 5.75 Å². The normalized spacial score (nSPS) is 16.3. The Morgan fingerprint density at radius 2 is 1.94 bits per heavy atom. The summed E-state index contributed by atoms with van der Waals surface area (Å²) in [4.78, 5) is 23.5. The van der Waals surface area contributed by atoms with Gasteiger partial charge in [-0.25, -0.2) is 0 Å². The Morgan fingerprint density at radius 3 is 2.71 bits per heavy atom. The lowest BCUT2D eigenvalue weighted by molar-refractivity contribution is -0.116. The summed E-state index contributed by atoms with van der Waals surface area (Å²) in [7, 11) is 1.56. The molecule has 0 unspecified atom stereocenters. The van der Waals surface area contributed by atoms with E-state index in [1.165, 1.54) is 0 Å². The summed E-state index contributed by atoms with van der Waals surface area (Å²) >= 11 is 0. The number of fused-ring (bicyclic) bond motifs is 1. The molecule has 4 nitrogen and oxygen atoms in total. The first-order valence-electron chi connectivity index (χ1n) is 5.72. The molecule has 0 bridgehead atoms. The Balaban J connectivity index is 2.41. The van der Waals surface area contributed by atoms with Gasteiger partial charge in [-0.1, -0.05) is 0 Å². The van der Waals surface area contributed by atoms with Gasteiger partial charge in [0.15, 0.2) is 5.78 Å². The summed E-state index contributed by atoms with van der Waals surface area (Å²) in [5, 5.41) is 2.77. The second kappa shape index (κ2) is 4.99. The van der Waals surface area contributed by atoms with Crippen molar-refractivity contribution in [1.82, 2.24) is 0 Å². The van der Waals surface area contributed by atoms with Crippen LogP contribution in [-0.2, 0) is 4.79 Å². The van der Waals surface area contributed by atoms with Crippen LogP contribution in [0.2, 0.25) is 0 Å². The molecule has 1 N–H and O–H groups in total. The summed E-state index contributed by atoms with van der Waals surface area (Å²) in [5.41, 5.74) is 1.13. The third-order valence-corrected chi connectivity index (χ3v) is 2.86. The number of anilines is 1. The van der Waals surface area contributed by atoms with Gasteiger partial charge in [-0.2, -0.15) is 0 Å². The number of hydrogen-bond donors (Lipinski definition) is 1. The monoisotopic (exact) mass is 233 g/mol. The zero-order valence-electron chi connectivity index (χ0n) is 9.79. The molecule has 17 heavy (non-hydrogen) atoms. The molecule has 0 aromatic heterocycles. The third kappa shape index (κ3) is 2.64. The van der Waals surface area contributed by atoms with E-state index in [0.29, 0.717) is 29.8 Å². The average Bonchev–Trinajstić information content (AvgIpc) is 2.39. The van der Waals surface area contributed by atoms with Crippen molar-refractivity contribution in [2.75, 3.05) is 12.4 Å². The minimum absolute atomic E-state index is 0.0470. The number of carbonyl (C=O) groups is 2. The number of rotatable bonds is 1. The van der Waals surface area contributed by atoms with Gasteiger partial charge in [-0.3, -0.25) is 9.59 Å². The van der Waals surface area contributed by atoms with Crippen molar-refractivity contribution in [1.29, 1.82) is 0 Å². The molecule has 0 radical (unpaired) electrons. The van der Waals surface area contributed by atoms with Crippen LogP contribution in [0, 0.1) is 0 Å². The summed E-state index contributed by atoms with van der Waals surface area (Å²) in [6.45, 7) is 0. The number of Topliss-reactive ketones (excluding diaryl/α,β-unsaturated/α-hetero) is 1. The van der Waals surface area contributed by atoms with Crippen LogP contribution in [0.15, 0.2) is 18.2 Å². The summed E-state index contributed by atoms with van der Waals surface area (Å²) in [6.07, 6.45) is 2.47. The molecule has 0 spiro atoms. The van der Waals surface area contributed by atoms with E-state index in [1.807, 2.05) is 0 Å². The van der Waals surface area contributed by atoms with E-state index in [4.69, 9.17) is 4.74 Å². The van der Waals surface area contributed by atoms with E-state index >= 15 is 0 Å². The molecule has 2 rings (SSSR count). The highest BCUT2D eigenvalue weighted by Gasteiger charge is 2.16. The van der Waals surface area contributed by atoms with E-state index in [0.717, 1.165) is 12.8 Å². The van der Waals surface area contributed by atoms with E-state index in [-0.39, 0.29) is 11.7 Å². The fraction of sp³-hybridized carbons (Fsp3) is 0.385. The Morgan fingerprint density at radius 1 is 1.18 bits per heavy atom. The molecule has 1 aliphatic heterocycles. The van der Waals surface area contributed by atoms with Crippen molar-refractivity contribution < 1.29 is 14.3 Å². The van der Waals surface area contributed by atoms with Crippen LogP contribution >= 0.6 is 0 Å². The molecule has 1 aromatic carbocycles. The minimum Gasteiger partial charge on any atom is -0.497 e. The molecule has 90 valence electrons. The number of carbonyl (C=O) groups excluding carboxylic acids is 2. The van der Waals surface area contributed by atoms with Crippen molar-refractivity contribution in [2.24, 2.45) is 0 Å². The van der Waals surface area contributed by atoms with Gasteiger partial charge in [0.1, 0.15) is 5.75 Å². The van der Waals surface area contributed by atoms with Gasteiger partial charge in [0.25, 0.3) is 0 Å². The number of methoxy groups -OCH3 is 1. The van der Waals surface area contributed by atoms with E-state index in [1.54, 1.807) is 25.3 Å². The van der Waals surface area contributed by atoms with Crippen LogP contribution in [0.3, 0.4) is 0 Å². The van der Waals surface area contributed by atoms with Gasteiger partial charge in [0.2, 0.25) is 5.91 Å². The average molecular weight is 233 g/mol. The standard InChI is InChI=1S/C13H15NO3/c1-17-9-6-7-10-11(8-9)14-13(16)5-3-2-4-12(10)15/h6-8H,2-5H2,1H3,(H,14,16). The van der Waals surface area contributed by atoms with Crippen LogP contribution < -0.4 is 10.1 Å². The molecule has 1 heterocycles. The first-order valence-corrected chi connectivity index (χ1v) is 5.72. The quantitative estimate of drug-likeness (QED) is 0.810. The molecule has 4 heteroatoms. The largest absolute Gasteiger partial charge is 0.497 e. The second-order valence-electron chi connectivity index (χ2n) is 4.09. The van der Waals surface area contributed by atoms with Gasteiger partial charge >= 0.3 is 0 Å². The molecule has 1 amide bonds. The first-order chi connectivity index (χ1) is 8.20. The Hall–Kier alpha value is -1.84. The number of ether oxygens (including phenoxy) is 1. The second-order valence-corrected chi connectivity index (χ2v) is 4.09. The molecule has 1 aromatic rings. The van der Waals surface area contributed by atoms with Crippen molar-refractivity contribution in [2.45, 2.75) is 25.7 Å². The van der Waals surface area contributed by atoms with Crippen LogP contribution in [-0.4, -0.2) is 18.8 Å². The highest BCUT2D eigenvalue weighted by Crippen LogP contribution is 2.25. The van der Waals surface area contributed by atoms with Gasteiger partial charge in [0, 0.05) is 24.5 Å².